The minimum Gasteiger partial charge on any atom is -0.465 e. The molecule has 0 atom stereocenters. The van der Waals surface area contributed by atoms with Gasteiger partial charge in [-0.1, -0.05) is 30.3 Å². The van der Waals surface area contributed by atoms with Crippen LogP contribution in [0.25, 0.3) is 0 Å². The zero-order chi connectivity index (χ0) is 17.0. The molecule has 0 aliphatic rings. The summed E-state index contributed by atoms with van der Waals surface area (Å²) in [6, 6.07) is 12.0. The summed E-state index contributed by atoms with van der Waals surface area (Å²) in [5.74, 6) is -0.569. The molecule has 0 aliphatic heterocycles. The second-order valence-electron chi connectivity index (χ2n) is 5.22. The first-order chi connectivity index (χ1) is 10.8. The van der Waals surface area contributed by atoms with Crippen LogP contribution >= 0.6 is 0 Å². The van der Waals surface area contributed by atoms with Gasteiger partial charge in [0.05, 0.1) is 17.6 Å². The second kappa shape index (κ2) is 6.93. The molecule has 2 rings (SSSR count). The van der Waals surface area contributed by atoms with Gasteiger partial charge in [0.1, 0.15) is 0 Å². The van der Waals surface area contributed by atoms with Crippen LogP contribution < -0.4 is 4.72 Å². The highest BCUT2D eigenvalue weighted by atomic mass is 32.2. The second-order valence-corrected chi connectivity index (χ2v) is 6.96. The lowest BCUT2D eigenvalue weighted by Gasteiger charge is -2.12. The van der Waals surface area contributed by atoms with E-state index in [1.165, 1.54) is 13.2 Å². The fourth-order valence-electron chi connectivity index (χ4n) is 2.19. The first-order valence-corrected chi connectivity index (χ1v) is 8.56. The van der Waals surface area contributed by atoms with Crippen molar-refractivity contribution in [3.8, 4) is 0 Å². The van der Waals surface area contributed by atoms with Crippen LogP contribution in [-0.2, 0) is 21.3 Å². The highest BCUT2D eigenvalue weighted by molar-refractivity contribution is 7.89. The summed E-state index contributed by atoms with van der Waals surface area (Å²) in [6.07, 6.45) is 0. The van der Waals surface area contributed by atoms with E-state index in [1.54, 1.807) is 19.1 Å². The number of carbonyl (C=O) groups excluding carboxylic acids is 1. The van der Waals surface area contributed by atoms with E-state index in [2.05, 4.69) is 9.46 Å². The average Bonchev–Trinajstić information content (AvgIpc) is 2.53. The largest absolute Gasteiger partial charge is 0.465 e. The molecule has 0 heterocycles. The Morgan fingerprint density at radius 2 is 1.78 bits per heavy atom. The van der Waals surface area contributed by atoms with Crippen molar-refractivity contribution in [2.75, 3.05) is 7.11 Å². The topological polar surface area (TPSA) is 72.5 Å². The summed E-state index contributed by atoms with van der Waals surface area (Å²) < 4.78 is 32.3. The van der Waals surface area contributed by atoms with Gasteiger partial charge in [-0.25, -0.2) is 17.9 Å². The number of hydrogen-bond donors (Lipinski definition) is 1. The Labute approximate surface area is 136 Å². The van der Waals surface area contributed by atoms with E-state index in [-0.39, 0.29) is 17.0 Å². The SMILES string of the molecule is COC(=O)c1ccc(C)c(S(=O)(=O)NCc2ccccc2C)c1. The van der Waals surface area contributed by atoms with E-state index in [9.17, 15) is 13.2 Å². The lowest BCUT2D eigenvalue weighted by Crippen LogP contribution is -2.24. The van der Waals surface area contributed by atoms with Gasteiger partial charge in [0.2, 0.25) is 10.0 Å². The van der Waals surface area contributed by atoms with Gasteiger partial charge in [-0.15, -0.1) is 0 Å². The maximum Gasteiger partial charge on any atom is 0.337 e. The van der Waals surface area contributed by atoms with Gasteiger partial charge in [-0.3, -0.25) is 0 Å². The van der Waals surface area contributed by atoms with Crippen LogP contribution in [0, 0.1) is 13.8 Å². The number of sulfonamides is 1. The summed E-state index contributed by atoms with van der Waals surface area (Å²) in [5, 5.41) is 0. The Bertz CT molecular complexity index is 828. The molecule has 122 valence electrons. The van der Waals surface area contributed by atoms with E-state index in [0.29, 0.717) is 5.56 Å². The number of methoxy groups -OCH3 is 1. The lowest BCUT2D eigenvalue weighted by molar-refractivity contribution is 0.0600. The number of hydrogen-bond acceptors (Lipinski definition) is 4. The van der Waals surface area contributed by atoms with Crippen molar-refractivity contribution in [3.05, 3.63) is 64.7 Å². The molecule has 0 bridgehead atoms. The molecule has 0 radical (unpaired) electrons. The van der Waals surface area contributed by atoms with Crippen molar-refractivity contribution in [1.82, 2.24) is 4.72 Å². The van der Waals surface area contributed by atoms with Gasteiger partial charge in [0.15, 0.2) is 0 Å². The summed E-state index contributed by atoms with van der Waals surface area (Å²) in [7, 11) is -2.47. The summed E-state index contributed by atoms with van der Waals surface area (Å²) in [6.45, 7) is 3.80. The van der Waals surface area contributed by atoms with Crippen LogP contribution in [-0.4, -0.2) is 21.5 Å². The standard InChI is InChI=1S/C17H19NO4S/c1-12-6-4-5-7-15(12)11-18-23(20,21)16-10-14(17(19)22-3)9-8-13(16)2/h4-10,18H,11H2,1-3H3. The van der Waals surface area contributed by atoms with Crippen LogP contribution in [0.5, 0.6) is 0 Å². The highest BCUT2D eigenvalue weighted by Crippen LogP contribution is 2.18. The van der Waals surface area contributed by atoms with Crippen molar-refractivity contribution < 1.29 is 17.9 Å². The molecular formula is C17H19NO4S. The van der Waals surface area contributed by atoms with Gasteiger partial charge in [-0.05, 0) is 42.7 Å². The third-order valence-electron chi connectivity index (χ3n) is 3.61. The third-order valence-corrected chi connectivity index (χ3v) is 5.16. The molecule has 0 fully saturated rings. The van der Waals surface area contributed by atoms with Crippen molar-refractivity contribution in [2.45, 2.75) is 25.3 Å². The zero-order valence-electron chi connectivity index (χ0n) is 13.3. The predicted octanol–water partition coefficient (Wildman–Crippen LogP) is 2.57. The smallest absolute Gasteiger partial charge is 0.337 e. The third kappa shape index (κ3) is 3.97. The van der Waals surface area contributed by atoms with Crippen molar-refractivity contribution >= 4 is 16.0 Å². The normalized spacial score (nSPS) is 11.3. The molecule has 0 saturated carbocycles. The Balaban J connectivity index is 2.29. The Hall–Kier alpha value is -2.18. The number of nitrogens with one attached hydrogen (secondary N) is 1. The van der Waals surface area contributed by atoms with Gasteiger partial charge in [0.25, 0.3) is 0 Å². The number of ether oxygens (including phenoxy) is 1. The molecular weight excluding hydrogens is 314 g/mol. The number of carbonyl (C=O) groups is 1. The molecule has 23 heavy (non-hydrogen) atoms. The molecule has 5 nitrogen and oxygen atoms in total. The van der Waals surface area contributed by atoms with Gasteiger partial charge < -0.3 is 4.74 Å². The first kappa shape index (κ1) is 17.2. The van der Waals surface area contributed by atoms with Gasteiger partial charge >= 0.3 is 5.97 Å². The zero-order valence-corrected chi connectivity index (χ0v) is 14.1. The first-order valence-electron chi connectivity index (χ1n) is 7.08. The molecule has 2 aromatic rings. The number of rotatable bonds is 5. The van der Waals surface area contributed by atoms with E-state index in [1.807, 2.05) is 31.2 Å². The van der Waals surface area contributed by atoms with E-state index in [4.69, 9.17) is 0 Å². The van der Waals surface area contributed by atoms with Gasteiger partial charge in [-0.2, -0.15) is 0 Å². The molecule has 0 aliphatic carbocycles. The van der Waals surface area contributed by atoms with Crippen LogP contribution in [0.15, 0.2) is 47.4 Å². The van der Waals surface area contributed by atoms with Crippen LogP contribution in [0.4, 0.5) is 0 Å². The van der Waals surface area contributed by atoms with Crippen molar-refractivity contribution in [3.63, 3.8) is 0 Å². The van der Waals surface area contributed by atoms with E-state index in [0.717, 1.165) is 11.1 Å². The summed E-state index contributed by atoms with van der Waals surface area (Å²) in [4.78, 5) is 11.7. The monoisotopic (exact) mass is 333 g/mol. The molecule has 0 unspecified atom stereocenters. The maximum absolute atomic E-state index is 12.5. The average molecular weight is 333 g/mol. The fourth-order valence-corrected chi connectivity index (χ4v) is 3.47. The van der Waals surface area contributed by atoms with Crippen molar-refractivity contribution in [1.29, 1.82) is 0 Å². The molecule has 6 heteroatoms. The van der Waals surface area contributed by atoms with Crippen LogP contribution in [0.2, 0.25) is 0 Å². The summed E-state index contributed by atoms with van der Waals surface area (Å²) in [5.41, 5.74) is 2.68. The summed E-state index contributed by atoms with van der Waals surface area (Å²) >= 11 is 0. The van der Waals surface area contributed by atoms with E-state index < -0.39 is 16.0 Å². The predicted molar refractivity (Wildman–Crippen MR) is 87.7 cm³/mol. The Morgan fingerprint density at radius 3 is 2.43 bits per heavy atom. The van der Waals surface area contributed by atoms with Crippen molar-refractivity contribution in [2.24, 2.45) is 0 Å². The van der Waals surface area contributed by atoms with Crippen LogP contribution in [0.1, 0.15) is 27.0 Å². The Kier molecular flexibility index (Phi) is 5.18. The quantitative estimate of drug-likeness (QED) is 0.854. The minimum absolute atomic E-state index is 0.0778. The van der Waals surface area contributed by atoms with Crippen LogP contribution in [0.3, 0.4) is 0 Å². The van der Waals surface area contributed by atoms with Gasteiger partial charge in [0, 0.05) is 6.54 Å². The number of esters is 1. The molecule has 0 amide bonds. The number of benzene rings is 2. The lowest BCUT2D eigenvalue weighted by atomic mass is 10.1. The molecule has 0 aromatic heterocycles. The molecule has 0 saturated heterocycles. The minimum atomic E-state index is -3.73. The molecule has 1 N–H and O–H groups in total. The van der Waals surface area contributed by atoms with E-state index >= 15 is 0 Å². The molecule has 2 aromatic carbocycles. The Morgan fingerprint density at radius 1 is 1.09 bits per heavy atom. The highest BCUT2D eigenvalue weighted by Gasteiger charge is 2.19. The fraction of sp³-hybridized carbons (Fsp3) is 0.235. The number of aryl methyl sites for hydroxylation is 2. The maximum atomic E-state index is 12.5. The molecule has 0 spiro atoms.